The van der Waals surface area contributed by atoms with E-state index in [4.69, 9.17) is 4.98 Å². The maximum absolute atomic E-state index is 4.89. The molecule has 5 nitrogen and oxygen atoms in total. The molecule has 0 aliphatic heterocycles. The Labute approximate surface area is 159 Å². The molecule has 0 aliphatic carbocycles. The summed E-state index contributed by atoms with van der Waals surface area (Å²) in [7, 11) is 2.15. The van der Waals surface area contributed by atoms with Gasteiger partial charge in [0, 0.05) is 49.4 Å². The Hall–Kier alpha value is -3.05. The number of hydrogen-bond donors (Lipinski definition) is 0. The Kier molecular flexibility index (Phi) is 4.94. The van der Waals surface area contributed by atoms with Crippen LogP contribution in [0, 0.1) is 0 Å². The molecule has 136 valence electrons. The van der Waals surface area contributed by atoms with Gasteiger partial charge in [-0.3, -0.25) is 14.9 Å². The zero-order chi connectivity index (χ0) is 18.6. The third kappa shape index (κ3) is 3.73. The van der Waals surface area contributed by atoms with Gasteiger partial charge < -0.3 is 4.40 Å². The average Bonchev–Trinajstić information content (AvgIpc) is 3.08. The molecule has 27 heavy (non-hydrogen) atoms. The second-order valence-corrected chi connectivity index (χ2v) is 6.87. The maximum atomic E-state index is 4.89. The molecule has 0 unspecified atom stereocenters. The summed E-state index contributed by atoms with van der Waals surface area (Å²) in [6.45, 7) is 3.02. The Bertz CT molecular complexity index is 1010. The molecule has 0 spiro atoms. The van der Waals surface area contributed by atoms with Crippen LogP contribution in [0.5, 0.6) is 0 Å². The highest BCUT2D eigenvalue weighted by Crippen LogP contribution is 2.26. The number of hydrogen-bond acceptors (Lipinski definition) is 4. The fraction of sp³-hybridized carbons (Fsp3) is 0.227. The normalized spacial score (nSPS) is 12.6. The van der Waals surface area contributed by atoms with Crippen LogP contribution < -0.4 is 0 Å². The van der Waals surface area contributed by atoms with Gasteiger partial charge in [0.15, 0.2) is 0 Å². The summed E-state index contributed by atoms with van der Waals surface area (Å²) in [5.74, 6) is 0. The molecule has 0 bridgehead atoms. The van der Waals surface area contributed by atoms with Gasteiger partial charge in [-0.15, -0.1) is 0 Å². The van der Waals surface area contributed by atoms with Crippen LogP contribution in [0.4, 0.5) is 0 Å². The maximum Gasteiger partial charge on any atom is 0.137 e. The number of pyridine rings is 1. The molecule has 3 aromatic heterocycles. The van der Waals surface area contributed by atoms with E-state index in [1.807, 2.05) is 18.3 Å². The van der Waals surface area contributed by atoms with E-state index in [0.717, 1.165) is 35.6 Å². The van der Waals surface area contributed by atoms with Crippen LogP contribution in [0.1, 0.15) is 18.3 Å². The molecular formula is C22H23N5. The Morgan fingerprint density at radius 2 is 1.85 bits per heavy atom. The van der Waals surface area contributed by atoms with E-state index in [0.29, 0.717) is 6.04 Å². The molecule has 0 N–H and O–H groups in total. The van der Waals surface area contributed by atoms with Crippen molar-refractivity contribution in [3.63, 3.8) is 0 Å². The lowest BCUT2D eigenvalue weighted by molar-refractivity contribution is 0.243. The van der Waals surface area contributed by atoms with Gasteiger partial charge in [0.1, 0.15) is 5.65 Å². The number of imidazole rings is 1. The van der Waals surface area contributed by atoms with Crippen LogP contribution in [-0.4, -0.2) is 37.3 Å². The van der Waals surface area contributed by atoms with Gasteiger partial charge in [0.2, 0.25) is 0 Å². The highest BCUT2D eigenvalue weighted by Gasteiger charge is 2.18. The molecule has 3 heterocycles. The SMILES string of the molecule is C[C@H](Cc1cnccn1)N(C)Cc1c(-c2ccccc2)nc2ccccn12. The second-order valence-electron chi connectivity index (χ2n) is 6.87. The molecule has 0 amide bonds. The average molecular weight is 357 g/mol. The van der Waals surface area contributed by atoms with Crippen molar-refractivity contribution in [1.82, 2.24) is 24.3 Å². The Morgan fingerprint density at radius 1 is 1.04 bits per heavy atom. The van der Waals surface area contributed by atoms with Gasteiger partial charge in [-0.25, -0.2) is 4.98 Å². The third-order valence-electron chi connectivity index (χ3n) is 4.95. The predicted molar refractivity (Wildman–Crippen MR) is 107 cm³/mol. The fourth-order valence-corrected chi connectivity index (χ4v) is 3.31. The topological polar surface area (TPSA) is 46.3 Å². The van der Waals surface area contributed by atoms with Gasteiger partial charge in [-0.2, -0.15) is 0 Å². The number of benzene rings is 1. The first kappa shape index (κ1) is 17.4. The van der Waals surface area contributed by atoms with Crippen LogP contribution in [0.3, 0.4) is 0 Å². The summed E-state index contributed by atoms with van der Waals surface area (Å²) in [6, 6.07) is 16.9. The van der Waals surface area contributed by atoms with Crippen molar-refractivity contribution in [3.05, 3.63) is 84.7 Å². The van der Waals surface area contributed by atoms with Gasteiger partial charge >= 0.3 is 0 Å². The quantitative estimate of drug-likeness (QED) is 0.526. The largest absolute Gasteiger partial charge is 0.302 e. The number of aromatic nitrogens is 4. The summed E-state index contributed by atoms with van der Waals surface area (Å²) >= 11 is 0. The van der Waals surface area contributed by atoms with Crippen LogP contribution >= 0.6 is 0 Å². The molecule has 4 rings (SSSR count). The minimum Gasteiger partial charge on any atom is -0.302 e. The standard InChI is InChI=1S/C22H23N5/c1-17(14-19-15-23-11-12-24-19)26(2)16-20-22(18-8-4-3-5-9-18)25-21-10-6-7-13-27(20)21/h3-13,15,17H,14,16H2,1-2H3/t17-/m1/s1. The third-order valence-corrected chi connectivity index (χ3v) is 4.95. The van der Waals surface area contributed by atoms with Crippen molar-refractivity contribution in [1.29, 1.82) is 0 Å². The highest BCUT2D eigenvalue weighted by atomic mass is 15.2. The van der Waals surface area contributed by atoms with E-state index >= 15 is 0 Å². The number of nitrogens with zero attached hydrogens (tertiary/aromatic N) is 5. The smallest absolute Gasteiger partial charge is 0.137 e. The van der Waals surface area contributed by atoms with E-state index < -0.39 is 0 Å². The number of fused-ring (bicyclic) bond motifs is 1. The van der Waals surface area contributed by atoms with Crippen LogP contribution in [0.25, 0.3) is 16.9 Å². The van der Waals surface area contributed by atoms with Crippen molar-refractivity contribution in [3.8, 4) is 11.3 Å². The summed E-state index contributed by atoms with van der Waals surface area (Å²) in [4.78, 5) is 15.8. The minimum absolute atomic E-state index is 0.333. The monoisotopic (exact) mass is 357 g/mol. The van der Waals surface area contributed by atoms with Crippen LogP contribution in [0.2, 0.25) is 0 Å². The minimum atomic E-state index is 0.333. The van der Waals surface area contributed by atoms with Crippen LogP contribution in [-0.2, 0) is 13.0 Å². The van der Waals surface area contributed by atoms with Gasteiger partial charge in [0.05, 0.1) is 17.1 Å². The van der Waals surface area contributed by atoms with E-state index in [-0.39, 0.29) is 0 Å². The van der Waals surface area contributed by atoms with Crippen molar-refractivity contribution >= 4 is 5.65 Å². The van der Waals surface area contributed by atoms with E-state index in [9.17, 15) is 0 Å². The molecule has 1 aromatic carbocycles. The van der Waals surface area contributed by atoms with Crippen LogP contribution in [0.15, 0.2) is 73.3 Å². The van der Waals surface area contributed by atoms with Gasteiger partial charge in [0.25, 0.3) is 0 Å². The molecule has 0 aliphatic rings. The molecule has 0 saturated carbocycles. The molecule has 0 fully saturated rings. The van der Waals surface area contributed by atoms with Crippen molar-refractivity contribution in [2.24, 2.45) is 0 Å². The highest BCUT2D eigenvalue weighted by molar-refractivity contribution is 5.66. The van der Waals surface area contributed by atoms with Crippen molar-refractivity contribution in [2.45, 2.75) is 25.9 Å². The lowest BCUT2D eigenvalue weighted by Gasteiger charge is -2.24. The van der Waals surface area contributed by atoms with E-state index in [1.54, 1.807) is 12.4 Å². The zero-order valence-corrected chi connectivity index (χ0v) is 15.7. The molecule has 5 heteroatoms. The summed E-state index contributed by atoms with van der Waals surface area (Å²) in [6.07, 6.45) is 8.25. The fourth-order valence-electron chi connectivity index (χ4n) is 3.31. The second kappa shape index (κ2) is 7.68. The lowest BCUT2D eigenvalue weighted by Crippen LogP contribution is -2.31. The van der Waals surface area contributed by atoms with E-state index in [1.165, 1.54) is 5.69 Å². The molecule has 0 saturated heterocycles. The zero-order valence-electron chi connectivity index (χ0n) is 15.7. The first-order valence-corrected chi connectivity index (χ1v) is 9.19. The first-order chi connectivity index (χ1) is 13.2. The molecule has 0 radical (unpaired) electrons. The number of rotatable bonds is 6. The molecular weight excluding hydrogens is 334 g/mol. The van der Waals surface area contributed by atoms with Crippen molar-refractivity contribution in [2.75, 3.05) is 7.05 Å². The lowest BCUT2D eigenvalue weighted by atomic mass is 10.1. The molecule has 4 aromatic rings. The van der Waals surface area contributed by atoms with Gasteiger partial charge in [-0.05, 0) is 26.1 Å². The van der Waals surface area contributed by atoms with Gasteiger partial charge in [-0.1, -0.05) is 36.4 Å². The summed E-state index contributed by atoms with van der Waals surface area (Å²) in [5, 5.41) is 0. The summed E-state index contributed by atoms with van der Waals surface area (Å²) < 4.78 is 2.19. The first-order valence-electron chi connectivity index (χ1n) is 9.19. The summed E-state index contributed by atoms with van der Waals surface area (Å²) in [5.41, 5.74) is 5.37. The Morgan fingerprint density at radius 3 is 2.63 bits per heavy atom. The van der Waals surface area contributed by atoms with Crippen molar-refractivity contribution < 1.29 is 0 Å². The number of likely N-dealkylation sites (N-methyl/N-ethyl adjacent to an activating group) is 1. The van der Waals surface area contributed by atoms with E-state index in [2.05, 4.69) is 75.8 Å². The molecule has 1 atom stereocenters. The Balaban J connectivity index is 1.64. The predicted octanol–water partition coefficient (Wildman–Crippen LogP) is 3.85.